The third-order valence-corrected chi connectivity index (χ3v) is 4.18. The third kappa shape index (κ3) is 2.48. The molecule has 4 nitrogen and oxygen atoms in total. The summed E-state index contributed by atoms with van der Waals surface area (Å²) >= 11 is 0. The highest BCUT2D eigenvalue weighted by atomic mass is 16.2. The fraction of sp³-hybridized carbons (Fsp3) is 0.500. The molecule has 1 N–H and O–H groups in total. The summed E-state index contributed by atoms with van der Waals surface area (Å²) in [4.78, 5) is 26.2. The van der Waals surface area contributed by atoms with Crippen molar-refractivity contribution in [3.05, 3.63) is 29.8 Å². The van der Waals surface area contributed by atoms with Gasteiger partial charge in [-0.1, -0.05) is 25.1 Å². The highest BCUT2D eigenvalue weighted by Gasteiger charge is 2.36. The van der Waals surface area contributed by atoms with Crippen LogP contribution in [0.25, 0.3) is 0 Å². The fourth-order valence-electron chi connectivity index (χ4n) is 2.81. The number of carbonyl (C=O) groups excluding carboxylic acids is 2. The van der Waals surface area contributed by atoms with Crippen LogP contribution in [0, 0.1) is 0 Å². The smallest absolute Gasteiger partial charge is 0.244 e. The molecule has 3 unspecified atom stereocenters. The lowest BCUT2D eigenvalue weighted by atomic mass is 9.94. The van der Waals surface area contributed by atoms with Crippen molar-refractivity contribution in [1.29, 1.82) is 0 Å². The molecule has 1 amide bonds. The van der Waals surface area contributed by atoms with Crippen LogP contribution in [0.1, 0.15) is 38.7 Å². The molecule has 20 heavy (non-hydrogen) atoms. The Hall–Kier alpha value is -1.68. The number of carbonyl (C=O) groups is 2. The van der Waals surface area contributed by atoms with E-state index in [9.17, 15) is 9.59 Å². The Morgan fingerprint density at radius 2 is 2.05 bits per heavy atom. The number of benzene rings is 1. The van der Waals surface area contributed by atoms with Gasteiger partial charge in [0.15, 0.2) is 5.78 Å². The van der Waals surface area contributed by atoms with Gasteiger partial charge in [-0.05, 0) is 44.9 Å². The summed E-state index contributed by atoms with van der Waals surface area (Å²) < 4.78 is 0. The van der Waals surface area contributed by atoms with Crippen LogP contribution >= 0.6 is 0 Å². The number of nitrogens with one attached hydrogen (secondary N) is 1. The summed E-state index contributed by atoms with van der Waals surface area (Å²) in [6.07, 6.45) is 0.744. The second-order valence-electron chi connectivity index (χ2n) is 5.53. The van der Waals surface area contributed by atoms with Gasteiger partial charge < -0.3 is 10.2 Å². The Kier molecular flexibility index (Phi) is 4.23. The molecule has 2 rings (SSSR count). The second kappa shape index (κ2) is 5.75. The van der Waals surface area contributed by atoms with Crippen molar-refractivity contribution in [2.24, 2.45) is 0 Å². The maximum absolute atomic E-state index is 12.7. The van der Waals surface area contributed by atoms with Crippen LogP contribution in [0.4, 0.5) is 5.69 Å². The van der Waals surface area contributed by atoms with E-state index in [4.69, 9.17) is 0 Å². The molecule has 1 aromatic carbocycles. The number of nitrogens with zero attached hydrogens (tertiary/aromatic N) is 1. The first-order valence-corrected chi connectivity index (χ1v) is 7.07. The zero-order valence-corrected chi connectivity index (χ0v) is 12.5. The molecule has 4 heteroatoms. The van der Waals surface area contributed by atoms with E-state index in [2.05, 4.69) is 12.2 Å². The number of hydrogen-bond acceptors (Lipinski definition) is 3. The molecule has 1 aromatic rings. The maximum Gasteiger partial charge on any atom is 0.244 e. The highest BCUT2D eigenvalue weighted by molar-refractivity contribution is 6.04. The van der Waals surface area contributed by atoms with Crippen molar-refractivity contribution in [1.82, 2.24) is 5.32 Å². The van der Waals surface area contributed by atoms with Crippen LogP contribution in [0.2, 0.25) is 0 Å². The van der Waals surface area contributed by atoms with Crippen molar-refractivity contribution in [2.75, 3.05) is 11.9 Å². The summed E-state index contributed by atoms with van der Waals surface area (Å²) in [5.74, 6) is 0.251. The number of anilines is 1. The Bertz CT molecular complexity index is 527. The Labute approximate surface area is 120 Å². The molecule has 0 radical (unpaired) electrons. The zero-order chi connectivity index (χ0) is 14.9. The first-order chi connectivity index (χ1) is 9.47. The predicted octanol–water partition coefficient (Wildman–Crippen LogP) is 2.09. The molecule has 0 fully saturated rings. The molecule has 0 aliphatic carbocycles. The minimum Gasteiger partial charge on any atom is -0.309 e. The normalized spacial score (nSPS) is 24.0. The number of para-hydroxylation sites is 1. The van der Waals surface area contributed by atoms with E-state index in [1.54, 1.807) is 18.9 Å². The first-order valence-electron chi connectivity index (χ1n) is 7.07. The molecular weight excluding hydrogens is 252 g/mol. The van der Waals surface area contributed by atoms with Gasteiger partial charge in [0, 0.05) is 5.69 Å². The topological polar surface area (TPSA) is 49.4 Å². The Balaban J connectivity index is 2.56. The molecule has 1 aliphatic rings. The third-order valence-electron chi connectivity index (χ3n) is 4.18. The molecule has 108 valence electrons. The van der Waals surface area contributed by atoms with Gasteiger partial charge in [-0.25, -0.2) is 0 Å². The standard InChI is InChI=1S/C16H22N2O2/c1-10-9-14(17-4)16(20)18(11(2)12(3)19)15-8-6-5-7-13(10)15/h5-8,10-11,14,17H,9H2,1-4H3. The van der Waals surface area contributed by atoms with Gasteiger partial charge in [-0.3, -0.25) is 9.59 Å². The first kappa shape index (κ1) is 14.7. The van der Waals surface area contributed by atoms with Gasteiger partial charge in [-0.15, -0.1) is 0 Å². The van der Waals surface area contributed by atoms with Crippen molar-refractivity contribution in [2.45, 2.75) is 45.2 Å². The van der Waals surface area contributed by atoms with Crippen molar-refractivity contribution < 1.29 is 9.59 Å². The van der Waals surface area contributed by atoms with E-state index in [1.165, 1.54) is 6.92 Å². The molecule has 1 heterocycles. The van der Waals surface area contributed by atoms with Crippen LogP contribution in [0.5, 0.6) is 0 Å². The summed E-state index contributed by atoms with van der Waals surface area (Å²) in [6.45, 7) is 5.45. The lowest BCUT2D eigenvalue weighted by molar-refractivity contribution is -0.124. The molecular formula is C16H22N2O2. The van der Waals surface area contributed by atoms with E-state index in [0.717, 1.165) is 17.7 Å². The second-order valence-corrected chi connectivity index (χ2v) is 5.53. The van der Waals surface area contributed by atoms with E-state index in [0.29, 0.717) is 0 Å². The van der Waals surface area contributed by atoms with Crippen molar-refractivity contribution in [3.8, 4) is 0 Å². The number of Topliss-reactive ketones (excluding diaryl/α,β-unsaturated/α-hetero) is 1. The minimum absolute atomic E-state index is 0.00226. The van der Waals surface area contributed by atoms with E-state index >= 15 is 0 Å². The lowest BCUT2D eigenvalue weighted by Crippen LogP contribution is -2.50. The van der Waals surface area contributed by atoms with Gasteiger partial charge in [0.05, 0.1) is 12.1 Å². The summed E-state index contributed by atoms with van der Waals surface area (Å²) in [5.41, 5.74) is 2.00. The molecule has 0 aromatic heterocycles. The number of rotatable bonds is 3. The molecule has 0 saturated carbocycles. The summed E-state index contributed by atoms with van der Waals surface area (Å²) in [5, 5.41) is 3.08. The number of likely N-dealkylation sites (N-methyl/N-ethyl adjacent to an activating group) is 1. The summed E-state index contributed by atoms with van der Waals surface area (Å²) in [7, 11) is 1.79. The predicted molar refractivity (Wildman–Crippen MR) is 80.0 cm³/mol. The van der Waals surface area contributed by atoms with Crippen LogP contribution < -0.4 is 10.2 Å². The van der Waals surface area contributed by atoms with Crippen LogP contribution in [-0.2, 0) is 9.59 Å². The van der Waals surface area contributed by atoms with E-state index < -0.39 is 6.04 Å². The number of fused-ring (bicyclic) bond motifs is 1. The van der Waals surface area contributed by atoms with Gasteiger partial charge in [0.2, 0.25) is 5.91 Å². The lowest BCUT2D eigenvalue weighted by Gasteiger charge is -2.30. The SMILES string of the molecule is CNC1CC(C)c2ccccc2N(C(C)C(C)=O)C1=O. The van der Waals surface area contributed by atoms with Gasteiger partial charge in [0.1, 0.15) is 0 Å². The van der Waals surface area contributed by atoms with Crippen LogP contribution in [-0.4, -0.2) is 30.8 Å². The molecule has 1 aliphatic heterocycles. The minimum atomic E-state index is -0.440. The maximum atomic E-state index is 12.7. The van der Waals surface area contributed by atoms with Gasteiger partial charge in [0.25, 0.3) is 0 Å². The highest BCUT2D eigenvalue weighted by Crippen LogP contribution is 2.35. The fourth-order valence-corrected chi connectivity index (χ4v) is 2.81. The van der Waals surface area contributed by atoms with Crippen LogP contribution in [0.15, 0.2) is 24.3 Å². The monoisotopic (exact) mass is 274 g/mol. The van der Waals surface area contributed by atoms with Crippen molar-refractivity contribution >= 4 is 17.4 Å². The average Bonchev–Trinajstić information content (AvgIpc) is 2.54. The molecule has 0 spiro atoms. The quantitative estimate of drug-likeness (QED) is 0.918. The molecule has 3 atom stereocenters. The Morgan fingerprint density at radius 1 is 1.40 bits per heavy atom. The van der Waals surface area contributed by atoms with Gasteiger partial charge in [-0.2, -0.15) is 0 Å². The summed E-state index contributed by atoms with van der Waals surface area (Å²) in [6, 6.07) is 7.19. The van der Waals surface area contributed by atoms with Crippen LogP contribution in [0.3, 0.4) is 0 Å². The Morgan fingerprint density at radius 3 is 2.65 bits per heavy atom. The number of hydrogen-bond donors (Lipinski definition) is 1. The van der Waals surface area contributed by atoms with E-state index in [1.807, 2.05) is 24.3 Å². The number of amides is 1. The largest absolute Gasteiger partial charge is 0.309 e. The molecule has 0 saturated heterocycles. The average molecular weight is 274 g/mol. The van der Waals surface area contributed by atoms with Crippen molar-refractivity contribution in [3.63, 3.8) is 0 Å². The zero-order valence-electron chi connectivity index (χ0n) is 12.5. The van der Waals surface area contributed by atoms with E-state index in [-0.39, 0.29) is 23.7 Å². The molecule has 0 bridgehead atoms. The van der Waals surface area contributed by atoms with Gasteiger partial charge >= 0.3 is 0 Å². The number of ketones is 1.